The third-order valence-corrected chi connectivity index (χ3v) is 5.72. The molecule has 6 nitrogen and oxygen atoms in total. The van der Waals surface area contributed by atoms with Gasteiger partial charge >= 0.3 is 0 Å². The third kappa shape index (κ3) is 4.67. The molecular weight excluding hydrogens is 342 g/mol. The van der Waals surface area contributed by atoms with E-state index in [1.807, 2.05) is 32.0 Å². The number of carbonyl (C=O) groups excluding carboxylic acids is 3. The molecule has 0 bridgehead atoms. The largest absolute Gasteiger partial charge is 0.352 e. The maximum atomic E-state index is 12.7. The number of hydrogen-bond donors (Lipinski definition) is 2. The molecule has 3 rings (SSSR count). The molecule has 1 unspecified atom stereocenters. The van der Waals surface area contributed by atoms with Gasteiger partial charge in [-0.3, -0.25) is 14.4 Å². The minimum atomic E-state index is -0.714. The van der Waals surface area contributed by atoms with Crippen LogP contribution in [0, 0.1) is 19.8 Å². The van der Waals surface area contributed by atoms with E-state index >= 15 is 0 Å². The van der Waals surface area contributed by atoms with E-state index < -0.39 is 5.92 Å². The average molecular weight is 371 g/mol. The Balaban J connectivity index is 1.50. The molecular formula is C21H29N3O3. The van der Waals surface area contributed by atoms with Crippen LogP contribution in [0.15, 0.2) is 18.2 Å². The lowest BCUT2D eigenvalue weighted by Gasteiger charge is -2.23. The van der Waals surface area contributed by atoms with E-state index in [4.69, 9.17) is 0 Å². The zero-order valence-electron chi connectivity index (χ0n) is 16.2. The van der Waals surface area contributed by atoms with Gasteiger partial charge in [0.15, 0.2) is 0 Å². The van der Waals surface area contributed by atoms with E-state index in [2.05, 4.69) is 10.6 Å². The molecule has 1 aliphatic carbocycles. The van der Waals surface area contributed by atoms with E-state index in [1.165, 1.54) is 12.0 Å². The summed E-state index contributed by atoms with van der Waals surface area (Å²) in [6.07, 6.45) is 5.99. The predicted molar refractivity (Wildman–Crippen MR) is 104 cm³/mol. The van der Waals surface area contributed by atoms with Crippen molar-refractivity contribution in [1.29, 1.82) is 0 Å². The van der Waals surface area contributed by atoms with E-state index in [9.17, 15) is 14.4 Å². The Morgan fingerprint density at radius 2 is 1.81 bits per heavy atom. The van der Waals surface area contributed by atoms with Gasteiger partial charge in [-0.15, -0.1) is 0 Å². The van der Waals surface area contributed by atoms with Gasteiger partial charge in [-0.05, 0) is 56.4 Å². The second-order valence-corrected chi connectivity index (χ2v) is 7.72. The Morgan fingerprint density at radius 3 is 2.52 bits per heavy atom. The maximum absolute atomic E-state index is 12.7. The lowest BCUT2D eigenvalue weighted by atomic mass is 9.95. The van der Waals surface area contributed by atoms with E-state index in [0.717, 1.165) is 36.9 Å². The number of anilines is 1. The molecule has 27 heavy (non-hydrogen) atoms. The molecule has 2 aliphatic rings. The molecule has 0 radical (unpaired) electrons. The Hall–Kier alpha value is -2.37. The zero-order chi connectivity index (χ0) is 19.4. The van der Waals surface area contributed by atoms with Gasteiger partial charge in [-0.25, -0.2) is 0 Å². The molecule has 1 saturated heterocycles. The van der Waals surface area contributed by atoms with Crippen molar-refractivity contribution in [3.8, 4) is 0 Å². The van der Waals surface area contributed by atoms with Gasteiger partial charge in [0.1, 0.15) is 5.92 Å². The second-order valence-electron chi connectivity index (χ2n) is 7.72. The van der Waals surface area contributed by atoms with Gasteiger partial charge in [-0.1, -0.05) is 25.3 Å². The maximum Gasteiger partial charge on any atom is 0.239 e. The van der Waals surface area contributed by atoms with Crippen LogP contribution in [0.4, 0.5) is 5.69 Å². The van der Waals surface area contributed by atoms with Crippen molar-refractivity contribution in [3.63, 3.8) is 0 Å². The Labute approximate surface area is 160 Å². The molecule has 1 atom stereocenters. The molecule has 1 aliphatic heterocycles. The standard InChI is InChI=1S/C21H29N3O3/c1-14-8-9-17(12-15(14)2)24-11-10-18(21(24)27)20(26)22-13-19(25)23-16-6-4-3-5-7-16/h8-9,12,16,18H,3-7,10-11,13H2,1-2H3,(H,22,26)(H,23,25). The molecule has 2 N–H and O–H groups in total. The summed E-state index contributed by atoms with van der Waals surface area (Å²) < 4.78 is 0. The summed E-state index contributed by atoms with van der Waals surface area (Å²) in [5, 5.41) is 5.61. The van der Waals surface area contributed by atoms with Gasteiger partial charge in [0.05, 0.1) is 6.54 Å². The molecule has 2 fully saturated rings. The summed E-state index contributed by atoms with van der Waals surface area (Å²) in [5.41, 5.74) is 3.12. The van der Waals surface area contributed by atoms with Gasteiger partial charge in [0, 0.05) is 18.3 Å². The number of carbonyl (C=O) groups is 3. The van der Waals surface area contributed by atoms with Crippen LogP contribution in [0.5, 0.6) is 0 Å². The lowest BCUT2D eigenvalue weighted by molar-refractivity contribution is -0.134. The first-order valence-corrected chi connectivity index (χ1v) is 9.91. The smallest absolute Gasteiger partial charge is 0.239 e. The summed E-state index contributed by atoms with van der Waals surface area (Å²) in [7, 11) is 0. The first-order chi connectivity index (χ1) is 13.0. The van der Waals surface area contributed by atoms with Gasteiger partial charge in [0.2, 0.25) is 17.7 Å². The second kappa shape index (κ2) is 8.55. The van der Waals surface area contributed by atoms with Crippen LogP contribution >= 0.6 is 0 Å². The summed E-state index contributed by atoms with van der Waals surface area (Å²) >= 11 is 0. The van der Waals surface area contributed by atoms with Crippen LogP contribution in [0.3, 0.4) is 0 Å². The van der Waals surface area contributed by atoms with E-state index in [-0.39, 0.29) is 30.3 Å². The van der Waals surface area contributed by atoms with Gasteiger partial charge < -0.3 is 15.5 Å². The van der Waals surface area contributed by atoms with Gasteiger partial charge in [-0.2, -0.15) is 0 Å². The molecule has 146 valence electrons. The van der Waals surface area contributed by atoms with Crippen LogP contribution in [-0.4, -0.2) is 36.9 Å². The van der Waals surface area contributed by atoms with Crippen LogP contribution in [0.25, 0.3) is 0 Å². The molecule has 1 aromatic carbocycles. The van der Waals surface area contributed by atoms with E-state index in [0.29, 0.717) is 13.0 Å². The van der Waals surface area contributed by atoms with Crippen LogP contribution in [0.1, 0.15) is 49.7 Å². The molecule has 1 aromatic rings. The summed E-state index contributed by atoms with van der Waals surface area (Å²) in [5.74, 6) is -1.44. The summed E-state index contributed by atoms with van der Waals surface area (Å²) in [4.78, 5) is 38.8. The molecule has 0 spiro atoms. The highest BCUT2D eigenvalue weighted by Gasteiger charge is 2.37. The highest BCUT2D eigenvalue weighted by atomic mass is 16.2. The molecule has 1 saturated carbocycles. The van der Waals surface area contributed by atoms with Crippen LogP contribution < -0.4 is 15.5 Å². The average Bonchev–Trinajstić information content (AvgIpc) is 3.04. The van der Waals surface area contributed by atoms with Crippen molar-refractivity contribution >= 4 is 23.4 Å². The SMILES string of the molecule is Cc1ccc(N2CCC(C(=O)NCC(=O)NC3CCCCC3)C2=O)cc1C. The monoisotopic (exact) mass is 371 g/mol. The fourth-order valence-electron chi connectivity index (χ4n) is 3.89. The molecule has 6 heteroatoms. The Morgan fingerprint density at radius 1 is 1.07 bits per heavy atom. The minimum absolute atomic E-state index is 0.0667. The third-order valence-electron chi connectivity index (χ3n) is 5.72. The topological polar surface area (TPSA) is 78.5 Å². The highest BCUT2D eigenvalue weighted by molar-refractivity contribution is 6.10. The number of nitrogens with one attached hydrogen (secondary N) is 2. The zero-order valence-corrected chi connectivity index (χ0v) is 16.2. The first kappa shape index (κ1) is 19.4. The van der Waals surface area contributed by atoms with Crippen LogP contribution in [0.2, 0.25) is 0 Å². The number of benzene rings is 1. The Kier molecular flexibility index (Phi) is 6.14. The molecule has 3 amide bonds. The predicted octanol–water partition coefficient (Wildman–Crippen LogP) is 2.22. The van der Waals surface area contributed by atoms with Crippen molar-refractivity contribution in [3.05, 3.63) is 29.3 Å². The number of aryl methyl sites for hydroxylation is 2. The quantitative estimate of drug-likeness (QED) is 0.779. The normalized spacial score (nSPS) is 20.6. The van der Waals surface area contributed by atoms with Crippen molar-refractivity contribution in [2.45, 2.75) is 58.4 Å². The van der Waals surface area contributed by atoms with Gasteiger partial charge in [0.25, 0.3) is 0 Å². The number of nitrogens with zero attached hydrogens (tertiary/aromatic N) is 1. The lowest BCUT2D eigenvalue weighted by Crippen LogP contribution is -2.45. The summed E-state index contributed by atoms with van der Waals surface area (Å²) in [6, 6.07) is 6.10. The number of amides is 3. The number of rotatable bonds is 5. The van der Waals surface area contributed by atoms with Crippen molar-refractivity contribution < 1.29 is 14.4 Å². The first-order valence-electron chi connectivity index (χ1n) is 9.91. The van der Waals surface area contributed by atoms with Crippen molar-refractivity contribution in [2.24, 2.45) is 5.92 Å². The fraction of sp³-hybridized carbons (Fsp3) is 0.571. The Bertz CT molecular complexity index is 725. The highest BCUT2D eigenvalue weighted by Crippen LogP contribution is 2.27. The molecule has 0 aromatic heterocycles. The minimum Gasteiger partial charge on any atom is -0.352 e. The van der Waals surface area contributed by atoms with Crippen molar-refractivity contribution in [1.82, 2.24) is 10.6 Å². The number of hydrogen-bond acceptors (Lipinski definition) is 3. The van der Waals surface area contributed by atoms with E-state index in [1.54, 1.807) is 4.90 Å². The molecule has 1 heterocycles. The fourth-order valence-corrected chi connectivity index (χ4v) is 3.89. The van der Waals surface area contributed by atoms with Crippen molar-refractivity contribution in [2.75, 3.05) is 18.0 Å². The summed E-state index contributed by atoms with van der Waals surface area (Å²) in [6.45, 7) is 4.49. The van der Waals surface area contributed by atoms with Crippen LogP contribution in [-0.2, 0) is 14.4 Å².